The summed E-state index contributed by atoms with van der Waals surface area (Å²) < 4.78 is 21.3. The number of benzene rings is 1. The summed E-state index contributed by atoms with van der Waals surface area (Å²) in [7, 11) is 0. The van der Waals surface area contributed by atoms with E-state index >= 15 is 0 Å². The molecule has 2 amide bonds. The lowest BCUT2D eigenvalue weighted by molar-refractivity contribution is -0.124. The average Bonchev–Trinajstić information content (AvgIpc) is 3.14. The van der Waals surface area contributed by atoms with E-state index in [9.17, 15) is 18.8 Å². The molecule has 23 heavy (non-hydrogen) atoms. The van der Waals surface area contributed by atoms with Gasteiger partial charge in [0, 0.05) is 12.1 Å². The van der Waals surface area contributed by atoms with Gasteiger partial charge >= 0.3 is 11.0 Å². The van der Waals surface area contributed by atoms with Crippen LogP contribution in [0.5, 0.6) is 0 Å². The topological polar surface area (TPSA) is 94.6 Å². The van der Waals surface area contributed by atoms with Crippen LogP contribution >= 0.6 is 11.3 Å². The van der Waals surface area contributed by atoms with Crippen molar-refractivity contribution in [2.45, 2.75) is 25.0 Å². The summed E-state index contributed by atoms with van der Waals surface area (Å²) in [6, 6.07) is 2.80. The Morgan fingerprint density at radius 1 is 1.35 bits per heavy atom. The van der Waals surface area contributed by atoms with Crippen molar-refractivity contribution in [1.29, 1.82) is 0 Å². The number of hydrogen-bond donors (Lipinski definition) is 1. The lowest BCUT2D eigenvalue weighted by Gasteiger charge is -2.13. The predicted octanol–water partition coefficient (Wildman–Crippen LogP) is 1.35. The minimum absolute atomic E-state index is 0.0626. The number of cyclic esters (lactones) is 1. The van der Waals surface area contributed by atoms with Gasteiger partial charge in [0.05, 0.1) is 22.4 Å². The molecular weight excluding hydrogens is 325 g/mol. The van der Waals surface area contributed by atoms with E-state index < -0.39 is 23.9 Å². The van der Waals surface area contributed by atoms with Crippen LogP contribution in [0.25, 0.3) is 10.2 Å². The first-order valence-corrected chi connectivity index (χ1v) is 7.89. The maximum absolute atomic E-state index is 14.5. The number of fused-ring (bicyclic) bond motifs is 1. The van der Waals surface area contributed by atoms with Gasteiger partial charge in [-0.05, 0) is 18.9 Å². The van der Waals surface area contributed by atoms with Crippen molar-refractivity contribution in [3.05, 3.63) is 27.6 Å². The number of rotatable bonds is 3. The zero-order valence-electron chi connectivity index (χ0n) is 11.8. The SMILES string of the molecule is NC(=O)[C@H]1CN(c2cc(F)c3c(c2)sc(=O)n3C2CC2)C(=O)O1. The van der Waals surface area contributed by atoms with Gasteiger partial charge in [0.15, 0.2) is 11.9 Å². The molecule has 1 aromatic heterocycles. The predicted molar refractivity (Wildman–Crippen MR) is 81.1 cm³/mol. The van der Waals surface area contributed by atoms with Crippen LogP contribution in [0.4, 0.5) is 14.9 Å². The zero-order valence-corrected chi connectivity index (χ0v) is 12.6. The van der Waals surface area contributed by atoms with E-state index in [1.807, 2.05) is 0 Å². The standard InChI is InChI=1S/C14H12FN3O4S/c15-8-3-7(17-5-9(12(16)19)22-13(17)20)4-10-11(8)18(6-1-2-6)14(21)23-10/h3-4,6,9H,1-2,5H2,(H2,16,19)/t9-/m1/s1. The highest BCUT2D eigenvalue weighted by molar-refractivity contribution is 7.16. The molecule has 2 fully saturated rings. The van der Waals surface area contributed by atoms with Crippen LogP contribution in [0.3, 0.4) is 0 Å². The first-order valence-electron chi connectivity index (χ1n) is 7.08. The fourth-order valence-electron chi connectivity index (χ4n) is 2.75. The Morgan fingerprint density at radius 3 is 2.70 bits per heavy atom. The molecule has 1 aliphatic heterocycles. The van der Waals surface area contributed by atoms with E-state index in [4.69, 9.17) is 10.5 Å². The summed E-state index contributed by atoms with van der Waals surface area (Å²) in [5.74, 6) is -1.33. The number of primary amides is 1. The summed E-state index contributed by atoms with van der Waals surface area (Å²) in [5, 5.41) is 0. The lowest BCUT2D eigenvalue weighted by Crippen LogP contribution is -2.32. The van der Waals surface area contributed by atoms with Gasteiger partial charge in [-0.3, -0.25) is 19.1 Å². The molecule has 2 aliphatic rings. The molecule has 0 bridgehead atoms. The second-order valence-electron chi connectivity index (χ2n) is 5.63. The Kier molecular flexibility index (Phi) is 2.95. The summed E-state index contributed by atoms with van der Waals surface area (Å²) in [6.07, 6.45) is -0.0882. The molecule has 120 valence electrons. The molecule has 2 aromatic rings. The van der Waals surface area contributed by atoms with Crippen LogP contribution in [0, 0.1) is 5.82 Å². The van der Waals surface area contributed by atoms with E-state index in [0.29, 0.717) is 4.70 Å². The number of ether oxygens (including phenoxy) is 1. The van der Waals surface area contributed by atoms with E-state index in [1.54, 1.807) is 6.07 Å². The number of nitrogens with two attached hydrogens (primary N) is 1. The number of aromatic nitrogens is 1. The van der Waals surface area contributed by atoms with Crippen molar-refractivity contribution in [2.24, 2.45) is 5.73 Å². The Balaban J connectivity index is 1.79. The third-order valence-electron chi connectivity index (χ3n) is 4.00. The van der Waals surface area contributed by atoms with Crippen molar-refractivity contribution in [3.63, 3.8) is 0 Å². The van der Waals surface area contributed by atoms with Gasteiger partial charge in [0.25, 0.3) is 5.91 Å². The smallest absolute Gasteiger partial charge is 0.415 e. The highest BCUT2D eigenvalue weighted by atomic mass is 32.1. The molecule has 2 N–H and O–H groups in total. The number of amides is 2. The molecule has 1 saturated carbocycles. The molecule has 0 spiro atoms. The second kappa shape index (κ2) is 4.79. The third kappa shape index (κ3) is 2.19. The van der Waals surface area contributed by atoms with Crippen LogP contribution in [0.15, 0.2) is 16.9 Å². The Labute approximate surface area is 133 Å². The maximum Gasteiger partial charge on any atom is 0.415 e. The van der Waals surface area contributed by atoms with Crippen LogP contribution in [0.1, 0.15) is 18.9 Å². The molecule has 1 aliphatic carbocycles. The number of carbonyl (C=O) groups is 2. The first kappa shape index (κ1) is 14.2. The fraction of sp³-hybridized carbons (Fsp3) is 0.357. The van der Waals surface area contributed by atoms with Crippen LogP contribution in [-0.4, -0.2) is 29.2 Å². The van der Waals surface area contributed by atoms with Crippen molar-refractivity contribution in [3.8, 4) is 0 Å². The monoisotopic (exact) mass is 337 g/mol. The highest BCUT2D eigenvalue weighted by Crippen LogP contribution is 2.39. The van der Waals surface area contributed by atoms with Gasteiger partial charge in [-0.1, -0.05) is 11.3 Å². The van der Waals surface area contributed by atoms with Gasteiger partial charge in [-0.15, -0.1) is 0 Å². The average molecular weight is 337 g/mol. The molecule has 1 saturated heterocycles. The van der Waals surface area contributed by atoms with Crippen molar-refractivity contribution in [2.75, 3.05) is 11.4 Å². The van der Waals surface area contributed by atoms with Crippen molar-refractivity contribution >= 4 is 39.2 Å². The highest BCUT2D eigenvalue weighted by Gasteiger charge is 2.37. The Bertz CT molecular complexity index is 901. The molecule has 0 radical (unpaired) electrons. The van der Waals surface area contributed by atoms with Crippen molar-refractivity contribution in [1.82, 2.24) is 4.57 Å². The minimum atomic E-state index is -1.06. The quantitative estimate of drug-likeness (QED) is 0.914. The number of thiazole rings is 1. The van der Waals surface area contributed by atoms with Gasteiger partial charge in [0.2, 0.25) is 0 Å². The number of hydrogen-bond acceptors (Lipinski definition) is 5. The summed E-state index contributed by atoms with van der Waals surface area (Å²) in [4.78, 5) is 36.0. The molecule has 1 aromatic carbocycles. The summed E-state index contributed by atoms with van der Waals surface area (Å²) >= 11 is 0.940. The first-order chi connectivity index (χ1) is 11.0. The Hall–Kier alpha value is -2.42. The maximum atomic E-state index is 14.5. The molecule has 7 nitrogen and oxygen atoms in total. The van der Waals surface area contributed by atoms with Crippen LogP contribution in [0.2, 0.25) is 0 Å². The van der Waals surface area contributed by atoms with E-state index in [0.717, 1.165) is 29.1 Å². The zero-order chi connectivity index (χ0) is 16.3. The normalized spacial score (nSPS) is 21.0. The van der Waals surface area contributed by atoms with Gasteiger partial charge in [-0.2, -0.15) is 0 Å². The molecule has 4 rings (SSSR count). The van der Waals surface area contributed by atoms with Gasteiger partial charge in [0.1, 0.15) is 0 Å². The van der Waals surface area contributed by atoms with E-state index in [1.165, 1.54) is 10.6 Å². The van der Waals surface area contributed by atoms with Gasteiger partial charge in [-0.25, -0.2) is 9.18 Å². The lowest BCUT2D eigenvalue weighted by atomic mass is 10.2. The number of nitrogens with zero attached hydrogens (tertiary/aromatic N) is 2. The Morgan fingerprint density at radius 2 is 2.09 bits per heavy atom. The molecule has 2 heterocycles. The minimum Gasteiger partial charge on any atom is -0.434 e. The largest absolute Gasteiger partial charge is 0.434 e. The number of carbonyl (C=O) groups excluding carboxylic acids is 2. The molecule has 1 atom stereocenters. The summed E-state index contributed by atoms with van der Waals surface area (Å²) in [5.41, 5.74) is 5.64. The summed E-state index contributed by atoms with van der Waals surface area (Å²) in [6.45, 7) is -0.0721. The fourth-order valence-corrected chi connectivity index (χ4v) is 3.75. The number of halogens is 1. The van der Waals surface area contributed by atoms with E-state index in [2.05, 4.69) is 0 Å². The second-order valence-corrected chi connectivity index (χ2v) is 6.62. The van der Waals surface area contributed by atoms with Crippen LogP contribution in [-0.2, 0) is 9.53 Å². The molecule has 9 heteroatoms. The third-order valence-corrected chi connectivity index (χ3v) is 4.90. The molecular formula is C14H12FN3O4S. The van der Waals surface area contributed by atoms with Crippen LogP contribution < -0.4 is 15.5 Å². The van der Waals surface area contributed by atoms with Gasteiger partial charge < -0.3 is 10.5 Å². The van der Waals surface area contributed by atoms with E-state index in [-0.39, 0.29) is 28.7 Å². The molecule has 0 unspecified atom stereocenters. The van der Waals surface area contributed by atoms with Crippen molar-refractivity contribution < 1.29 is 18.7 Å². The number of anilines is 1.